The molecular formula is C9H9BrF4N2O2S. The molecule has 0 atom stereocenters. The summed E-state index contributed by atoms with van der Waals surface area (Å²) in [6, 6.07) is 2.17. The Morgan fingerprint density at radius 1 is 1.32 bits per heavy atom. The van der Waals surface area contributed by atoms with Crippen LogP contribution in [0.15, 0.2) is 16.6 Å². The molecule has 1 rings (SSSR count). The third-order valence-electron chi connectivity index (χ3n) is 1.97. The lowest BCUT2D eigenvalue weighted by atomic mass is 10.2. The predicted molar refractivity (Wildman–Crippen MR) is 65.4 cm³/mol. The molecule has 0 aliphatic rings. The molecule has 0 aliphatic heterocycles. The first-order chi connectivity index (χ1) is 8.50. The van der Waals surface area contributed by atoms with E-state index >= 15 is 0 Å². The van der Waals surface area contributed by atoms with E-state index in [9.17, 15) is 26.0 Å². The lowest BCUT2D eigenvalue weighted by molar-refractivity contribution is -0.121. The summed E-state index contributed by atoms with van der Waals surface area (Å²) < 4.78 is 74.8. The zero-order chi connectivity index (χ0) is 14.8. The van der Waals surface area contributed by atoms with E-state index in [2.05, 4.69) is 15.9 Å². The maximum atomic E-state index is 13.1. The van der Waals surface area contributed by atoms with Crippen LogP contribution in [0, 0.1) is 12.7 Å². The third-order valence-corrected chi connectivity index (χ3v) is 3.59. The number of aryl methyl sites for hydroxylation is 1. The highest BCUT2D eigenvalue weighted by Gasteiger charge is 2.29. The topological polar surface area (TPSA) is 58.2 Å². The summed E-state index contributed by atoms with van der Waals surface area (Å²) in [5, 5.41) is 0. The van der Waals surface area contributed by atoms with Gasteiger partial charge in [-0.15, -0.1) is 0 Å². The molecule has 108 valence electrons. The van der Waals surface area contributed by atoms with Crippen molar-refractivity contribution in [1.82, 2.24) is 4.72 Å². The molecule has 10 heteroatoms. The molecule has 0 saturated carbocycles. The van der Waals surface area contributed by atoms with Crippen LogP contribution in [0.3, 0.4) is 0 Å². The van der Waals surface area contributed by atoms with Gasteiger partial charge < -0.3 is 0 Å². The molecule has 0 unspecified atom stereocenters. The highest BCUT2D eigenvalue weighted by atomic mass is 79.9. The van der Waals surface area contributed by atoms with Gasteiger partial charge in [0.05, 0.1) is 10.2 Å². The van der Waals surface area contributed by atoms with E-state index < -0.39 is 28.7 Å². The standard InChI is InChI=1S/C9H9BrF4N2O2S/c1-5-2-7(11)6(10)3-8(5)16-19(17,18)15-4-9(12,13)14/h2-3,15-16H,4H2,1H3. The normalized spacial score (nSPS) is 12.5. The number of benzene rings is 1. The predicted octanol–water partition coefficient (Wildman–Crippen LogP) is 2.71. The van der Waals surface area contributed by atoms with Crippen molar-refractivity contribution < 1.29 is 26.0 Å². The number of rotatable bonds is 4. The van der Waals surface area contributed by atoms with Crippen molar-refractivity contribution in [3.63, 3.8) is 0 Å². The Kier molecular flexibility index (Phi) is 4.80. The summed E-state index contributed by atoms with van der Waals surface area (Å²) in [5.74, 6) is -0.608. The minimum absolute atomic E-state index is 0.00776. The van der Waals surface area contributed by atoms with Gasteiger partial charge in [0.25, 0.3) is 10.2 Å². The highest BCUT2D eigenvalue weighted by Crippen LogP contribution is 2.24. The number of nitrogens with one attached hydrogen (secondary N) is 2. The Morgan fingerprint density at radius 2 is 1.89 bits per heavy atom. The highest BCUT2D eigenvalue weighted by molar-refractivity contribution is 9.10. The Hall–Kier alpha value is -0.870. The molecule has 0 bridgehead atoms. The zero-order valence-corrected chi connectivity index (χ0v) is 11.9. The van der Waals surface area contributed by atoms with Gasteiger partial charge in [-0.05, 0) is 40.5 Å². The van der Waals surface area contributed by atoms with Gasteiger partial charge in [-0.25, -0.2) is 4.39 Å². The fraction of sp³-hybridized carbons (Fsp3) is 0.333. The molecule has 0 amide bonds. The van der Waals surface area contributed by atoms with E-state index in [1.165, 1.54) is 11.6 Å². The maximum Gasteiger partial charge on any atom is 0.402 e. The van der Waals surface area contributed by atoms with Crippen LogP contribution in [-0.2, 0) is 10.2 Å². The van der Waals surface area contributed by atoms with Crippen molar-refractivity contribution >= 4 is 31.8 Å². The van der Waals surface area contributed by atoms with E-state index in [4.69, 9.17) is 0 Å². The van der Waals surface area contributed by atoms with Crippen LogP contribution in [0.4, 0.5) is 23.2 Å². The smallest absolute Gasteiger partial charge is 0.271 e. The van der Waals surface area contributed by atoms with Crippen LogP contribution in [0.1, 0.15) is 5.56 Å². The van der Waals surface area contributed by atoms with Gasteiger partial charge in [0.15, 0.2) is 0 Å². The first-order valence-corrected chi connectivity index (χ1v) is 7.07. The number of hydrogen-bond donors (Lipinski definition) is 2. The maximum absolute atomic E-state index is 13.1. The molecule has 0 radical (unpaired) electrons. The SMILES string of the molecule is Cc1cc(F)c(Br)cc1NS(=O)(=O)NCC(F)(F)F. The Morgan fingerprint density at radius 3 is 2.42 bits per heavy atom. The molecule has 0 aliphatic carbocycles. The van der Waals surface area contributed by atoms with Crippen molar-refractivity contribution in [2.75, 3.05) is 11.3 Å². The van der Waals surface area contributed by atoms with Crippen molar-refractivity contribution in [1.29, 1.82) is 0 Å². The minimum atomic E-state index is -4.66. The summed E-state index contributed by atoms with van der Waals surface area (Å²) in [6.45, 7) is -0.277. The Balaban J connectivity index is 2.87. The second kappa shape index (κ2) is 5.63. The molecule has 1 aromatic rings. The average Bonchev–Trinajstić information content (AvgIpc) is 2.22. The fourth-order valence-electron chi connectivity index (χ4n) is 1.11. The first kappa shape index (κ1) is 16.2. The molecule has 0 aromatic heterocycles. The molecule has 0 fully saturated rings. The lowest BCUT2D eigenvalue weighted by Crippen LogP contribution is -2.37. The van der Waals surface area contributed by atoms with Gasteiger partial charge >= 0.3 is 6.18 Å². The molecule has 1 aromatic carbocycles. The molecule has 19 heavy (non-hydrogen) atoms. The Bertz CT molecular complexity index is 574. The first-order valence-electron chi connectivity index (χ1n) is 4.80. The Labute approximate surface area is 115 Å². The lowest BCUT2D eigenvalue weighted by Gasteiger charge is -2.13. The van der Waals surface area contributed by atoms with Crippen LogP contribution in [0.25, 0.3) is 0 Å². The van der Waals surface area contributed by atoms with E-state index in [0.717, 1.165) is 12.1 Å². The van der Waals surface area contributed by atoms with Gasteiger partial charge in [-0.3, -0.25) is 4.72 Å². The van der Waals surface area contributed by atoms with Gasteiger partial charge in [-0.1, -0.05) is 0 Å². The van der Waals surface area contributed by atoms with Crippen molar-refractivity contribution in [2.24, 2.45) is 0 Å². The summed E-state index contributed by atoms with van der Waals surface area (Å²) in [6.07, 6.45) is -4.66. The van der Waals surface area contributed by atoms with Crippen molar-refractivity contribution in [3.05, 3.63) is 28.0 Å². The van der Waals surface area contributed by atoms with Crippen LogP contribution in [0.5, 0.6) is 0 Å². The summed E-state index contributed by atoms with van der Waals surface area (Å²) >= 11 is 2.85. The van der Waals surface area contributed by atoms with Gasteiger partial charge in [-0.2, -0.15) is 26.3 Å². The number of anilines is 1. The third kappa shape index (κ3) is 5.33. The largest absolute Gasteiger partial charge is 0.402 e. The quantitative estimate of drug-likeness (QED) is 0.807. The molecular weight excluding hydrogens is 356 g/mol. The fourth-order valence-corrected chi connectivity index (χ4v) is 2.39. The zero-order valence-electron chi connectivity index (χ0n) is 9.48. The molecule has 2 N–H and O–H groups in total. The molecule has 4 nitrogen and oxygen atoms in total. The van der Waals surface area contributed by atoms with Crippen LogP contribution in [0.2, 0.25) is 0 Å². The number of hydrogen-bond acceptors (Lipinski definition) is 2. The van der Waals surface area contributed by atoms with E-state index in [1.54, 1.807) is 0 Å². The van der Waals surface area contributed by atoms with E-state index in [-0.39, 0.29) is 15.7 Å². The van der Waals surface area contributed by atoms with Gasteiger partial charge in [0, 0.05) is 0 Å². The monoisotopic (exact) mass is 364 g/mol. The minimum Gasteiger partial charge on any atom is -0.271 e. The van der Waals surface area contributed by atoms with Crippen molar-refractivity contribution in [3.8, 4) is 0 Å². The van der Waals surface area contributed by atoms with Crippen LogP contribution in [-0.4, -0.2) is 21.1 Å². The molecule has 0 heterocycles. The second-order valence-corrected chi connectivity index (χ2v) is 5.98. The molecule has 0 spiro atoms. The number of halogens is 5. The van der Waals surface area contributed by atoms with Crippen molar-refractivity contribution in [2.45, 2.75) is 13.1 Å². The number of alkyl halides is 3. The summed E-state index contributed by atoms with van der Waals surface area (Å²) in [7, 11) is -4.38. The van der Waals surface area contributed by atoms with Gasteiger partial charge in [0.1, 0.15) is 12.4 Å². The van der Waals surface area contributed by atoms with Gasteiger partial charge in [0.2, 0.25) is 0 Å². The van der Waals surface area contributed by atoms with Crippen LogP contribution < -0.4 is 9.44 Å². The molecule has 0 saturated heterocycles. The average molecular weight is 365 g/mol. The van der Waals surface area contributed by atoms with E-state index in [1.807, 2.05) is 4.72 Å². The summed E-state index contributed by atoms with van der Waals surface area (Å²) in [4.78, 5) is 0. The summed E-state index contributed by atoms with van der Waals surface area (Å²) in [5.41, 5.74) is 0.209. The van der Waals surface area contributed by atoms with Crippen LogP contribution >= 0.6 is 15.9 Å². The second-order valence-electron chi connectivity index (χ2n) is 3.62. The van der Waals surface area contributed by atoms with E-state index in [0.29, 0.717) is 0 Å².